The molecule has 0 saturated carbocycles. The van der Waals surface area contributed by atoms with E-state index in [1.807, 2.05) is 28.9 Å². The van der Waals surface area contributed by atoms with Gasteiger partial charge in [0.05, 0.1) is 4.92 Å². The summed E-state index contributed by atoms with van der Waals surface area (Å²) in [5, 5.41) is 13.6. The van der Waals surface area contributed by atoms with Crippen molar-refractivity contribution in [2.24, 2.45) is 5.92 Å². The van der Waals surface area contributed by atoms with E-state index in [0.29, 0.717) is 38.3 Å². The van der Waals surface area contributed by atoms with E-state index in [1.165, 1.54) is 17.7 Å². The van der Waals surface area contributed by atoms with Crippen molar-refractivity contribution in [3.05, 3.63) is 94.3 Å². The van der Waals surface area contributed by atoms with Gasteiger partial charge < -0.3 is 9.80 Å². The Labute approximate surface area is 183 Å². The molecule has 1 amide bonds. The van der Waals surface area contributed by atoms with Gasteiger partial charge in [-0.15, -0.1) is 0 Å². The number of hydrogen-bond donors (Lipinski definition) is 0. The first-order valence-electron chi connectivity index (χ1n) is 10.6. The van der Waals surface area contributed by atoms with Gasteiger partial charge in [-0.1, -0.05) is 68.1 Å². The maximum atomic E-state index is 13.0. The lowest BCUT2D eigenvalue weighted by Crippen LogP contribution is -2.50. The molecule has 31 heavy (non-hydrogen) atoms. The van der Waals surface area contributed by atoms with Crippen LogP contribution in [0.4, 0.5) is 0 Å². The fraction of sp³-hybridized carbons (Fsp3) is 0.320. The van der Waals surface area contributed by atoms with Gasteiger partial charge in [-0.05, 0) is 28.8 Å². The topological polar surface area (TPSA) is 66.7 Å². The third-order valence-corrected chi connectivity index (χ3v) is 5.74. The fourth-order valence-electron chi connectivity index (χ4n) is 3.99. The molecule has 2 aromatic carbocycles. The number of amides is 1. The van der Waals surface area contributed by atoms with Gasteiger partial charge in [0.25, 0.3) is 5.70 Å². The first-order valence-corrected chi connectivity index (χ1v) is 10.6. The molecular weight excluding hydrogens is 390 g/mol. The Morgan fingerprint density at radius 2 is 1.77 bits per heavy atom. The van der Waals surface area contributed by atoms with E-state index in [2.05, 4.69) is 36.9 Å². The van der Waals surface area contributed by atoms with E-state index >= 15 is 0 Å². The molecule has 1 heterocycles. The number of fused-ring (bicyclic) bond motifs is 1. The second-order valence-electron chi connectivity index (χ2n) is 7.92. The quantitative estimate of drug-likeness (QED) is 0.379. The van der Waals surface area contributed by atoms with E-state index in [4.69, 9.17) is 0 Å². The predicted octanol–water partition coefficient (Wildman–Crippen LogP) is 4.41. The molecule has 0 bridgehead atoms. The minimum Gasteiger partial charge on any atom is -0.363 e. The number of carbonyl (C=O) groups is 1. The number of piperazine rings is 1. The van der Waals surface area contributed by atoms with Crippen LogP contribution in [0.3, 0.4) is 0 Å². The third-order valence-electron chi connectivity index (χ3n) is 5.74. The number of nitrogens with zero attached hydrogens (tertiary/aromatic N) is 3. The first kappa shape index (κ1) is 22.3. The summed E-state index contributed by atoms with van der Waals surface area (Å²) in [5.41, 5.74) is 1.82. The van der Waals surface area contributed by atoms with Crippen LogP contribution in [0.15, 0.2) is 78.7 Å². The van der Waals surface area contributed by atoms with Crippen molar-refractivity contribution < 1.29 is 9.72 Å². The van der Waals surface area contributed by atoms with Crippen LogP contribution in [0, 0.1) is 16.0 Å². The Balaban J connectivity index is 1.63. The van der Waals surface area contributed by atoms with E-state index in [1.54, 1.807) is 18.2 Å². The smallest absolute Gasteiger partial charge is 0.266 e. The lowest BCUT2D eigenvalue weighted by molar-refractivity contribution is -0.426. The number of allylic oxidation sites excluding steroid dienone is 4. The van der Waals surface area contributed by atoms with Gasteiger partial charge in [-0.3, -0.25) is 14.9 Å². The van der Waals surface area contributed by atoms with Gasteiger partial charge >= 0.3 is 0 Å². The number of rotatable bonds is 7. The standard InChI is InChI=1S/C25H29N3O3/c1-4-5-10-24(20(3)28(30)31)26-13-15-27(16-14-26)25(29)19(2)17-21-11-12-22-8-6-7-9-23(22)18-21/h4-12,18-19H,1,13-17H2,2-3H3/b10-5-,24-20-/t19-/m0/s1. The van der Waals surface area contributed by atoms with Gasteiger partial charge in [0.2, 0.25) is 5.91 Å². The van der Waals surface area contributed by atoms with Crippen LogP contribution in [0.25, 0.3) is 10.8 Å². The zero-order chi connectivity index (χ0) is 22.4. The van der Waals surface area contributed by atoms with Crippen LogP contribution < -0.4 is 0 Å². The van der Waals surface area contributed by atoms with Crippen LogP contribution >= 0.6 is 0 Å². The highest BCUT2D eigenvalue weighted by Gasteiger charge is 2.27. The van der Waals surface area contributed by atoms with Crippen molar-refractivity contribution >= 4 is 16.7 Å². The molecule has 1 saturated heterocycles. The normalized spacial score (nSPS) is 16.3. The summed E-state index contributed by atoms with van der Waals surface area (Å²) in [4.78, 5) is 27.7. The third kappa shape index (κ3) is 5.40. The number of nitro groups is 1. The van der Waals surface area contributed by atoms with Gasteiger partial charge in [0.1, 0.15) is 5.70 Å². The van der Waals surface area contributed by atoms with Crippen LogP contribution in [0.1, 0.15) is 19.4 Å². The molecule has 1 atom stereocenters. The zero-order valence-corrected chi connectivity index (χ0v) is 18.2. The lowest BCUT2D eigenvalue weighted by Gasteiger charge is -2.37. The van der Waals surface area contributed by atoms with Gasteiger partial charge in [0.15, 0.2) is 0 Å². The predicted molar refractivity (Wildman–Crippen MR) is 124 cm³/mol. The van der Waals surface area contributed by atoms with Crippen molar-refractivity contribution in [2.75, 3.05) is 26.2 Å². The second-order valence-corrected chi connectivity index (χ2v) is 7.92. The van der Waals surface area contributed by atoms with Crippen molar-refractivity contribution in [1.82, 2.24) is 9.80 Å². The van der Waals surface area contributed by atoms with E-state index < -0.39 is 0 Å². The minimum atomic E-state index is -0.369. The molecule has 0 N–H and O–H groups in total. The van der Waals surface area contributed by atoms with Crippen molar-refractivity contribution in [3.8, 4) is 0 Å². The maximum Gasteiger partial charge on any atom is 0.266 e. The molecule has 1 fully saturated rings. The van der Waals surface area contributed by atoms with Crippen molar-refractivity contribution in [1.29, 1.82) is 0 Å². The summed E-state index contributed by atoms with van der Waals surface area (Å²) in [6.45, 7) is 9.35. The number of carbonyl (C=O) groups excluding carboxylic acids is 1. The van der Waals surface area contributed by atoms with Crippen LogP contribution in [-0.2, 0) is 11.2 Å². The molecule has 0 radical (unpaired) electrons. The summed E-state index contributed by atoms with van der Waals surface area (Å²) in [6.07, 6.45) is 5.70. The van der Waals surface area contributed by atoms with Crippen LogP contribution in [0.5, 0.6) is 0 Å². The van der Waals surface area contributed by atoms with Crippen molar-refractivity contribution in [2.45, 2.75) is 20.3 Å². The molecule has 0 unspecified atom stereocenters. The lowest BCUT2D eigenvalue weighted by atomic mass is 9.97. The second kappa shape index (κ2) is 10.1. The minimum absolute atomic E-state index is 0.0996. The van der Waals surface area contributed by atoms with Gasteiger partial charge in [-0.25, -0.2) is 0 Å². The summed E-state index contributed by atoms with van der Waals surface area (Å²) >= 11 is 0. The van der Waals surface area contributed by atoms with E-state index in [-0.39, 0.29) is 22.4 Å². The molecular formula is C25H29N3O3. The first-order chi connectivity index (χ1) is 14.9. The summed E-state index contributed by atoms with van der Waals surface area (Å²) in [7, 11) is 0. The Morgan fingerprint density at radius 1 is 1.13 bits per heavy atom. The van der Waals surface area contributed by atoms with E-state index in [9.17, 15) is 14.9 Å². The maximum absolute atomic E-state index is 13.0. The number of benzene rings is 2. The zero-order valence-electron chi connectivity index (χ0n) is 18.2. The molecule has 6 heteroatoms. The highest BCUT2D eigenvalue weighted by Crippen LogP contribution is 2.21. The van der Waals surface area contributed by atoms with Gasteiger partial charge in [0, 0.05) is 39.0 Å². The SMILES string of the molecule is C=C/C=C\C(=C(/C)[N+](=O)[O-])N1CCN(C(=O)[C@@H](C)Cc2ccc3ccccc3c2)CC1. The average Bonchev–Trinajstić information content (AvgIpc) is 2.79. The molecule has 1 aliphatic rings. The highest BCUT2D eigenvalue weighted by atomic mass is 16.6. The van der Waals surface area contributed by atoms with E-state index in [0.717, 1.165) is 5.56 Å². The molecule has 0 aromatic heterocycles. The summed E-state index contributed by atoms with van der Waals surface area (Å²) < 4.78 is 0. The Morgan fingerprint density at radius 3 is 2.42 bits per heavy atom. The molecule has 1 aliphatic heterocycles. The van der Waals surface area contributed by atoms with Gasteiger partial charge in [-0.2, -0.15) is 0 Å². The van der Waals surface area contributed by atoms with Crippen molar-refractivity contribution in [3.63, 3.8) is 0 Å². The fourth-order valence-corrected chi connectivity index (χ4v) is 3.99. The summed E-state index contributed by atoms with van der Waals surface area (Å²) in [6, 6.07) is 14.6. The molecule has 2 aromatic rings. The highest BCUT2D eigenvalue weighted by molar-refractivity contribution is 5.83. The van der Waals surface area contributed by atoms with Crippen LogP contribution in [0.2, 0.25) is 0 Å². The number of hydrogen-bond acceptors (Lipinski definition) is 4. The van der Waals surface area contributed by atoms with Crippen LogP contribution in [-0.4, -0.2) is 46.8 Å². The molecule has 162 valence electrons. The largest absolute Gasteiger partial charge is 0.363 e. The molecule has 6 nitrogen and oxygen atoms in total. The Bertz CT molecular complexity index is 1030. The molecule has 0 aliphatic carbocycles. The molecule has 3 rings (SSSR count). The summed E-state index contributed by atoms with van der Waals surface area (Å²) in [5.74, 6) is 0.00914. The Kier molecular flexibility index (Phi) is 7.23. The monoisotopic (exact) mass is 419 g/mol. The average molecular weight is 420 g/mol. The Hall–Kier alpha value is -3.41. The molecule has 0 spiro atoms.